The fraction of sp³-hybridized carbons (Fsp3) is 0.538. The SMILES string of the molecule is Cc1cc2c(cc1C)N(CC(F)(F)F)C(C)CN2. The average molecular weight is 258 g/mol. The smallest absolute Gasteiger partial charge is 0.381 e. The van der Waals surface area contributed by atoms with Crippen molar-refractivity contribution in [3.8, 4) is 0 Å². The summed E-state index contributed by atoms with van der Waals surface area (Å²) in [6.45, 7) is 5.32. The molecule has 100 valence electrons. The Bertz CT molecular complexity index is 454. The number of alkyl halides is 3. The number of halogens is 3. The minimum absolute atomic E-state index is 0.166. The summed E-state index contributed by atoms with van der Waals surface area (Å²) in [5, 5.41) is 3.19. The highest BCUT2D eigenvalue weighted by Crippen LogP contribution is 2.35. The van der Waals surface area contributed by atoms with Gasteiger partial charge in [-0.3, -0.25) is 0 Å². The molecule has 0 aromatic heterocycles. The van der Waals surface area contributed by atoms with Gasteiger partial charge in [-0.25, -0.2) is 0 Å². The molecule has 1 unspecified atom stereocenters. The fourth-order valence-corrected chi connectivity index (χ4v) is 2.22. The molecule has 18 heavy (non-hydrogen) atoms. The molecule has 0 amide bonds. The summed E-state index contributed by atoms with van der Waals surface area (Å²) in [7, 11) is 0. The molecular formula is C13H17F3N2. The zero-order chi connectivity index (χ0) is 13.5. The predicted octanol–water partition coefficient (Wildman–Crippen LogP) is 3.49. The van der Waals surface area contributed by atoms with Crippen molar-refractivity contribution < 1.29 is 13.2 Å². The lowest BCUT2D eigenvalue weighted by Crippen LogP contribution is -2.46. The van der Waals surface area contributed by atoms with Crippen LogP contribution >= 0.6 is 0 Å². The molecule has 2 rings (SSSR count). The van der Waals surface area contributed by atoms with Gasteiger partial charge < -0.3 is 10.2 Å². The highest BCUT2D eigenvalue weighted by Gasteiger charge is 2.35. The van der Waals surface area contributed by atoms with Gasteiger partial charge in [0.25, 0.3) is 0 Å². The third-order valence-corrected chi connectivity index (χ3v) is 3.39. The normalized spacial score (nSPS) is 19.4. The second-order valence-corrected chi connectivity index (χ2v) is 4.93. The zero-order valence-electron chi connectivity index (χ0n) is 10.7. The Labute approximate surface area is 105 Å². The van der Waals surface area contributed by atoms with Crippen LogP contribution in [-0.4, -0.2) is 25.3 Å². The van der Waals surface area contributed by atoms with Crippen molar-refractivity contribution in [2.75, 3.05) is 23.3 Å². The second-order valence-electron chi connectivity index (χ2n) is 4.93. The Morgan fingerprint density at radius 2 is 1.89 bits per heavy atom. The van der Waals surface area contributed by atoms with Crippen LogP contribution in [0.4, 0.5) is 24.5 Å². The van der Waals surface area contributed by atoms with Gasteiger partial charge in [0.05, 0.1) is 11.4 Å². The molecule has 1 heterocycles. The number of fused-ring (bicyclic) bond motifs is 1. The fourth-order valence-electron chi connectivity index (χ4n) is 2.22. The third kappa shape index (κ3) is 2.54. The van der Waals surface area contributed by atoms with Crippen molar-refractivity contribution in [2.45, 2.75) is 33.0 Å². The summed E-state index contributed by atoms with van der Waals surface area (Å²) >= 11 is 0. The number of nitrogens with zero attached hydrogens (tertiary/aromatic N) is 1. The van der Waals surface area contributed by atoms with E-state index in [0.717, 1.165) is 16.8 Å². The van der Waals surface area contributed by atoms with Crippen LogP contribution in [0.1, 0.15) is 18.1 Å². The molecule has 0 radical (unpaired) electrons. The molecular weight excluding hydrogens is 241 g/mol. The summed E-state index contributed by atoms with van der Waals surface area (Å²) in [6.07, 6.45) is -4.18. The zero-order valence-corrected chi connectivity index (χ0v) is 10.7. The van der Waals surface area contributed by atoms with Crippen LogP contribution < -0.4 is 10.2 Å². The molecule has 0 saturated carbocycles. The maximum absolute atomic E-state index is 12.6. The summed E-state index contributed by atoms with van der Waals surface area (Å²) in [5.74, 6) is 0. The first kappa shape index (κ1) is 13.1. The van der Waals surface area contributed by atoms with Gasteiger partial charge in [0.15, 0.2) is 0 Å². The molecule has 1 aromatic rings. The van der Waals surface area contributed by atoms with Gasteiger partial charge in [-0.15, -0.1) is 0 Å². The molecule has 0 spiro atoms. The van der Waals surface area contributed by atoms with E-state index in [0.29, 0.717) is 12.2 Å². The van der Waals surface area contributed by atoms with Crippen LogP contribution in [0.2, 0.25) is 0 Å². The van der Waals surface area contributed by atoms with Crippen molar-refractivity contribution in [3.63, 3.8) is 0 Å². The van der Waals surface area contributed by atoms with Gasteiger partial charge in [0.2, 0.25) is 0 Å². The summed E-state index contributed by atoms with van der Waals surface area (Å²) < 4.78 is 37.9. The molecule has 2 nitrogen and oxygen atoms in total. The molecule has 0 aliphatic carbocycles. The Balaban J connectivity index is 2.40. The lowest BCUT2D eigenvalue weighted by Gasteiger charge is -2.38. The summed E-state index contributed by atoms with van der Waals surface area (Å²) in [4.78, 5) is 1.43. The maximum Gasteiger partial charge on any atom is 0.405 e. The highest BCUT2D eigenvalue weighted by atomic mass is 19.4. The van der Waals surface area contributed by atoms with E-state index in [1.807, 2.05) is 26.0 Å². The first-order chi connectivity index (χ1) is 8.28. The van der Waals surface area contributed by atoms with Crippen LogP contribution in [0, 0.1) is 13.8 Å². The standard InChI is InChI=1S/C13H17F3N2/c1-8-4-11-12(5-9(8)2)18(7-13(14,15)16)10(3)6-17-11/h4-5,10,17H,6-7H2,1-3H3. The van der Waals surface area contributed by atoms with E-state index in [2.05, 4.69) is 5.32 Å². The number of hydrogen-bond donors (Lipinski definition) is 1. The lowest BCUT2D eigenvalue weighted by molar-refractivity contribution is -0.120. The predicted molar refractivity (Wildman–Crippen MR) is 67.3 cm³/mol. The van der Waals surface area contributed by atoms with Gasteiger partial charge in [-0.1, -0.05) is 0 Å². The van der Waals surface area contributed by atoms with Crippen LogP contribution in [0.3, 0.4) is 0 Å². The number of hydrogen-bond acceptors (Lipinski definition) is 2. The van der Waals surface area contributed by atoms with E-state index in [4.69, 9.17) is 0 Å². The van der Waals surface area contributed by atoms with Crippen LogP contribution in [0.25, 0.3) is 0 Å². The second kappa shape index (κ2) is 4.37. The summed E-state index contributed by atoms with van der Waals surface area (Å²) in [6, 6.07) is 3.58. The monoisotopic (exact) mass is 258 g/mol. The minimum atomic E-state index is -4.18. The topological polar surface area (TPSA) is 15.3 Å². The van der Waals surface area contributed by atoms with Crippen molar-refractivity contribution in [1.29, 1.82) is 0 Å². The first-order valence-electron chi connectivity index (χ1n) is 5.96. The molecule has 1 aliphatic heterocycles. The van der Waals surface area contributed by atoms with Gasteiger partial charge in [0.1, 0.15) is 6.54 Å². The van der Waals surface area contributed by atoms with E-state index in [1.54, 1.807) is 6.92 Å². The van der Waals surface area contributed by atoms with E-state index in [9.17, 15) is 13.2 Å². The first-order valence-corrected chi connectivity index (χ1v) is 5.96. The van der Waals surface area contributed by atoms with Crippen molar-refractivity contribution in [2.24, 2.45) is 0 Å². The van der Waals surface area contributed by atoms with Crippen molar-refractivity contribution in [3.05, 3.63) is 23.3 Å². The highest BCUT2D eigenvalue weighted by molar-refractivity contribution is 5.74. The molecule has 1 aliphatic rings. The molecule has 1 N–H and O–H groups in total. The van der Waals surface area contributed by atoms with Crippen LogP contribution in [0.15, 0.2) is 12.1 Å². The molecule has 0 bridgehead atoms. The third-order valence-electron chi connectivity index (χ3n) is 3.39. The van der Waals surface area contributed by atoms with Gasteiger partial charge in [0, 0.05) is 12.6 Å². The molecule has 0 saturated heterocycles. The van der Waals surface area contributed by atoms with Crippen molar-refractivity contribution >= 4 is 11.4 Å². The average Bonchev–Trinajstić information content (AvgIpc) is 2.24. The molecule has 1 atom stereocenters. The Morgan fingerprint density at radius 3 is 2.50 bits per heavy atom. The maximum atomic E-state index is 12.6. The Hall–Kier alpha value is -1.39. The molecule has 1 aromatic carbocycles. The molecule has 5 heteroatoms. The van der Waals surface area contributed by atoms with Gasteiger partial charge in [-0.2, -0.15) is 13.2 Å². The van der Waals surface area contributed by atoms with E-state index in [-0.39, 0.29) is 6.04 Å². The molecule has 0 fully saturated rings. The summed E-state index contributed by atoms with van der Waals surface area (Å²) in [5.41, 5.74) is 3.54. The number of aryl methyl sites for hydroxylation is 2. The van der Waals surface area contributed by atoms with Crippen molar-refractivity contribution in [1.82, 2.24) is 0 Å². The van der Waals surface area contributed by atoms with E-state index in [1.165, 1.54) is 4.90 Å². The van der Waals surface area contributed by atoms with Gasteiger partial charge >= 0.3 is 6.18 Å². The Morgan fingerprint density at radius 1 is 1.28 bits per heavy atom. The van der Waals surface area contributed by atoms with Crippen LogP contribution in [-0.2, 0) is 0 Å². The number of anilines is 2. The lowest BCUT2D eigenvalue weighted by atomic mass is 10.0. The Kier molecular flexibility index (Phi) is 3.17. The van der Waals surface area contributed by atoms with Gasteiger partial charge in [-0.05, 0) is 44.0 Å². The minimum Gasteiger partial charge on any atom is -0.381 e. The quantitative estimate of drug-likeness (QED) is 0.829. The number of nitrogens with one attached hydrogen (secondary N) is 1. The van der Waals surface area contributed by atoms with E-state index >= 15 is 0 Å². The largest absolute Gasteiger partial charge is 0.405 e. The number of rotatable bonds is 1. The van der Waals surface area contributed by atoms with Crippen LogP contribution in [0.5, 0.6) is 0 Å². The number of benzene rings is 1. The van der Waals surface area contributed by atoms with E-state index < -0.39 is 12.7 Å².